The summed E-state index contributed by atoms with van der Waals surface area (Å²) in [6.45, 7) is 5.80. The summed E-state index contributed by atoms with van der Waals surface area (Å²) in [6.07, 6.45) is 1.07. The fraction of sp³-hybridized carbons (Fsp3) is 0.588. The Labute approximate surface area is 129 Å². The molecule has 21 heavy (non-hydrogen) atoms. The molecule has 0 saturated carbocycles. The highest BCUT2D eigenvalue weighted by Gasteiger charge is 2.07. The van der Waals surface area contributed by atoms with E-state index < -0.39 is 0 Å². The van der Waals surface area contributed by atoms with Crippen LogP contribution in [-0.4, -0.2) is 50.6 Å². The maximum absolute atomic E-state index is 5.90. The summed E-state index contributed by atoms with van der Waals surface area (Å²) in [6, 6.07) is 8.15. The molecule has 4 nitrogen and oxygen atoms in total. The largest absolute Gasteiger partial charge is 0.493 e. The average Bonchev–Trinajstić information content (AvgIpc) is 2.39. The number of benzene rings is 1. The lowest BCUT2D eigenvalue weighted by atomic mass is 10.1. The Morgan fingerprint density at radius 1 is 1.10 bits per heavy atom. The third kappa shape index (κ3) is 6.06. The predicted molar refractivity (Wildman–Crippen MR) is 89.9 cm³/mol. The van der Waals surface area contributed by atoms with Crippen LogP contribution < -0.4 is 4.74 Å². The van der Waals surface area contributed by atoms with Crippen LogP contribution in [0.5, 0.6) is 5.75 Å². The third-order valence-corrected chi connectivity index (χ3v) is 3.12. The highest BCUT2D eigenvalue weighted by Crippen LogP contribution is 2.19. The summed E-state index contributed by atoms with van der Waals surface area (Å²) in [5.74, 6) is 2.55. The van der Waals surface area contributed by atoms with E-state index in [1.54, 1.807) is 0 Å². The molecule has 1 aromatic rings. The molecule has 0 aliphatic rings. The van der Waals surface area contributed by atoms with Crippen molar-refractivity contribution in [2.24, 2.45) is 10.9 Å². The van der Waals surface area contributed by atoms with Crippen LogP contribution in [0, 0.1) is 5.92 Å². The Kier molecular flexibility index (Phi) is 7.06. The van der Waals surface area contributed by atoms with E-state index in [1.165, 1.54) is 0 Å². The Morgan fingerprint density at radius 3 is 2.29 bits per heavy atom. The highest BCUT2D eigenvalue weighted by molar-refractivity contribution is 5.79. The highest BCUT2D eigenvalue weighted by atomic mass is 16.5. The minimum absolute atomic E-state index is 0.629. The van der Waals surface area contributed by atoms with E-state index in [-0.39, 0.29) is 0 Å². The monoisotopic (exact) mass is 291 g/mol. The van der Waals surface area contributed by atoms with Crippen molar-refractivity contribution in [3.05, 3.63) is 29.8 Å². The van der Waals surface area contributed by atoms with Gasteiger partial charge < -0.3 is 14.5 Å². The predicted octanol–water partition coefficient (Wildman–Crippen LogP) is 3.09. The quantitative estimate of drug-likeness (QED) is 0.595. The van der Waals surface area contributed by atoms with Gasteiger partial charge in [-0.25, -0.2) is 4.99 Å². The van der Waals surface area contributed by atoms with Gasteiger partial charge in [-0.3, -0.25) is 0 Å². The summed E-state index contributed by atoms with van der Waals surface area (Å²) < 4.78 is 5.90. The molecule has 0 spiro atoms. The molecule has 0 radical (unpaired) electrons. The molecule has 1 rings (SSSR count). The first-order valence-corrected chi connectivity index (χ1v) is 7.51. The van der Waals surface area contributed by atoms with Crippen molar-refractivity contribution in [1.82, 2.24) is 9.80 Å². The number of hydrogen-bond acceptors (Lipinski definition) is 2. The fourth-order valence-corrected chi connectivity index (χ4v) is 2.02. The maximum Gasteiger partial charge on any atom is 0.195 e. The van der Waals surface area contributed by atoms with Crippen molar-refractivity contribution in [3.63, 3.8) is 0 Å². The first-order chi connectivity index (χ1) is 9.91. The molecule has 4 heteroatoms. The third-order valence-electron chi connectivity index (χ3n) is 3.12. The van der Waals surface area contributed by atoms with Crippen LogP contribution >= 0.6 is 0 Å². The van der Waals surface area contributed by atoms with Gasteiger partial charge in [-0.05, 0) is 18.4 Å². The van der Waals surface area contributed by atoms with Gasteiger partial charge in [-0.2, -0.15) is 0 Å². The lowest BCUT2D eigenvalue weighted by Gasteiger charge is -2.22. The number of aliphatic imine (C=N–C) groups is 1. The summed E-state index contributed by atoms with van der Waals surface area (Å²) >= 11 is 0. The minimum Gasteiger partial charge on any atom is -0.493 e. The number of guanidine groups is 1. The molecule has 0 aliphatic carbocycles. The molecule has 0 aromatic heterocycles. The summed E-state index contributed by atoms with van der Waals surface area (Å²) in [5, 5.41) is 0. The molecule has 0 N–H and O–H groups in total. The van der Waals surface area contributed by atoms with E-state index in [4.69, 9.17) is 4.74 Å². The van der Waals surface area contributed by atoms with Crippen molar-refractivity contribution in [2.45, 2.75) is 26.8 Å². The molecule has 0 heterocycles. The average molecular weight is 291 g/mol. The van der Waals surface area contributed by atoms with Gasteiger partial charge in [0.1, 0.15) is 5.75 Å². The van der Waals surface area contributed by atoms with Gasteiger partial charge in [0.2, 0.25) is 0 Å². The number of rotatable bonds is 6. The van der Waals surface area contributed by atoms with Gasteiger partial charge in [-0.1, -0.05) is 32.0 Å². The number of para-hydroxylation sites is 1. The Bertz CT molecular complexity index is 443. The van der Waals surface area contributed by atoms with E-state index >= 15 is 0 Å². The van der Waals surface area contributed by atoms with Gasteiger partial charge in [0.05, 0.1) is 13.2 Å². The van der Waals surface area contributed by atoms with E-state index in [2.05, 4.69) is 24.9 Å². The van der Waals surface area contributed by atoms with Gasteiger partial charge >= 0.3 is 0 Å². The molecule has 118 valence electrons. The Hall–Kier alpha value is -1.71. The topological polar surface area (TPSA) is 28.1 Å². The van der Waals surface area contributed by atoms with Gasteiger partial charge in [-0.15, -0.1) is 0 Å². The van der Waals surface area contributed by atoms with Crippen LogP contribution in [-0.2, 0) is 6.54 Å². The van der Waals surface area contributed by atoms with Crippen LogP contribution in [0.4, 0.5) is 0 Å². The summed E-state index contributed by atoms with van der Waals surface area (Å²) in [5.41, 5.74) is 1.13. The van der Waals surface area contributed by atoms with Gasteiger partial charge in [0.25, 0.3) is 0 Å². The van der Waals surface area contributed by atoms with Crippen molar-refractivity contribution in [2.75, 3.05) is 34.8 Å². The van der Waals surface area contributed by atoms with E-state index in [9.17, 15) is 0 Å². The molecule has 1 aromatic carbocycles. The summed E-state index contributed by atoms with van der Waals surface area (Å²) in [7, 11) is 8.02. The maximum atomic E-state index is 5.90. The molecular weight excluding hydrogens is 262 g/mol. The zero-order chi connectivity index (χ0) is 15.8. The van der Waals surface area contributed by atoms with E-state index in [0.717, 1.165) is 30.3 Å². The summed E-state index contributed by atoms with van der Waals surface area (Å²) in [4.78, 5) is 8.72. The SMILES string of the molecule is CC(C)CCOc1ccccc1CN=C(N(C)C)N(C)C. The first kappa shape index (κ1) is 17.3. The minimum atomic E-state index is 0.629. The van der Waals surface area contributed by atoms with Crippen molar-refractivity contribution in [3.8, 4) is 5.75 Å². The molecule has 0 saturated heterocycles. The smallest absolute Gasteiger partial charge is 0.195 e. The molecular formula is C17H29N3O. The zero-order valence-electron chi connectivity index (χ0n) is 14.3. The van der Waals surface area contributed by atoms with E-state index in [1.807, 2.05) is 56.2 Å². The first-order valence-electron chi connectivity index (χ1n) is 7.51. The number of hydrogen-bond donors (Lipinski definition) is 0. The van der Waals surface area contributed by atoms with Crippen LogP contribution in [0.15, 0.2) is 29.3 Å². The molecule has 0 amide bonds. The van der Waals surface area contributed by atoms with Crippen LogP contribution in [0.1, 0.15) is 25.8 Å². The van der Waals surface area contributed by atoms with Crippen molar-refractivity contribution >= 4 is 5.96 Å². The second kappa shape index (κ2) is 8.55. The van der Waals surface area contributed by atoms with Crippen LogP contribution in [0.3, 0.4) is 0 Å². The lowest BCUT2D eigenvalue weighted by molar-refractivity contribution is 0.287. The number of nitrogens with zero attached hydrogens (tertiary/aromatic N) is 3. The molecule has 0 atom stereocenters. The van der Waals surface area contributed by atoms with Crippen LogP contribution in [0.2, 0.25) is 0 Å². The van der Waals surface area contributed by atoms with Crippen LogP contribution in [0.25, 0.3) is 0 Å². The van der Waals surface area contributed by atoms with Crippen molar-refractivity contribution < 1.29 is 4.74 Å². The Balaban J connectivity index is 2.76. The molecule has 0 fully saturated rings. The van der Waals surface area contributed by atoms with E-state index in [0.29, 0.717) is 12.5 Å². The molecule has 0 aliphatic heterocycles. The van der Waals surface area contributed by atoms with Crippen molar-refractivity contribution in [1.29, 1.82) is 0 Å². The molecule has 0 unspecified atom stereocenters. The van der Waals surface area contributed by atoms with Gasteiger partial charge in [0.15, 0.2) is 5.96 Å². The standard InChI is InChI=1S/C17H29N3O/c1-14(2)11-12-21-16-10-8-7-9-15(16)13-18-17(19(3)4)20(5)6/h7-10,14H,11-13H2,1-6H3. The second-order valence-corrected chi connectivity index (χ2v) is 6.04. The Morgan fingerprint density at radius 2 is 1.71 bits per heavy atom. The second-order valence-electron chi connectivity index (χ2n) is 6.04. The lowest BCUT2D eigenvalue weighted by Crippen LogP contribution is -2.35. The van der Waals surface area contributed by atoms with Gasteiger partial charge in [0, 0.05) is 33.8 Å². The fourth-order valence-electron chi connectivity index (χ4n) is 2.02. The zero-order valence-corrected chi connectivity index (χ0v) is 14.3. The number of ether oxygens (including phenoxy) is 1. The molecule has 0 bridgehead atoms. The normalized spacial score (nSPS) is 10.4.